The van der Waals surface area contributed by atoms with Gasteiger partial charge < -0.3 is 14.2 Å². The molecule has 0 aliphatic rings. The predicted octanol–water partition coefficient (Wildman–Crippen LogP) is 3.77. The molecule has 9 heteroatoms. The van der Waals surface area contributed by atoms with Gasteiger partial charge in [0, 0.05) is 0 Å². The Labute approximate surface area is 174 Å². The topological polar surface area (TPSA) is 79.7 Å². The minimum absolute atomic E-state index is 0.212. The number of fused-ring (bicyclic) bond motifs is 1. The fourth-order valence-corrected chi connectivity index (χ4v) is 4.55. The SMILES string of the molecule is CCOC(=O)c1sc2ncn(Cc3ccc(OC)c(OC)c3Br)c(=O)c2c1C. The molecule has 1 aromatic carbocycles. The quantitative estimate of drug-likeness (QED) is 0.514. The van der Waals surface area contributed by atoms with Crippen LogP contribution < -0.4 is 15.0 Å². The first-order valence-corrected chi connectivity index (χ1v) is 10.1. The molecule has 0 bridgehead atoms. The molecule has 0 fully saturated rings. The standard InChI is InChI=1S/C19H19BrN2O5S/c1-5-27-19(24)16-10(2)13-17(28-16)21-9-22(18(13)23)8-11-6-7-12(25-3)15(26-4)14(11)20/h6-7,9H,5,8H2,1-4H3. The summed E-state index contributed by atoms with van der Waals surface area (Å²) < 4.78 is 18.0. The lowest BCUT2D eigenvalue weighted by Gasteiger charge is -2.14. The molecule has 0 aliphatic heterocycles. The van der Waals surface area contributed by atoms with E-state index in [0.29, 0.717) is 36.6 Å². The van der Waals surface area contributed by atoms with Crippen LogP contribution in [0.4, 0.5) is 0 Å². The van der Waals surface area contributed by atoms with E-state index in [1.165, 1.54) is 22.2 Å². The van der Waals surface area contributed by atoms with Crippen molar-refractivity contribution in [1.29, 1.82) is 0 Å². The minimum atomic E-state index is -0.434. The molecular formula is C19H19BrN2O5S. The van der Waals surface area contributed by atoms with E-state index in [2.05, 4.69) is 20.9 Å². The molecule has 3 rings (SSSR count). The number of carbonyl (C=O) groups is 1. The molecule has 0 unspecified atom stereocenters. The van der Waals surface area contributed by atoms with Gasteiger partial charge in [-0.2, -0.15) is 0 Å². The maximum Gasteiger partial charge on any atom is 0.348 e. The van der Waals surface area contributed by atoms with Gasteiger partial charge in [-0.3, -0.25) is 9.36 Å². The Morgan fingerprint density at radius 1 is 1.29 bits per heavy atom. The smallest absolute Gasteiger partial charge is 0.348 e. The zero-order valence-electron chi connectivity index (χ0n) is 15.9. The summed E-state index contributed by atoms with van der Waals surface area (Å²) in [7, 11) is 3.12. The van der Waals surface area contributed by atoms with Crippen LogP contribution in [-0.4, -0.2) is 36.3 Å². The van der Waals surface area contributed by atoms with Gasteiger partial charge in [0.15, 0.2) is 11.5 Å². The van der Waals surface area contributed by atoms with E-state index in [4.69, 9.17) is 14.2 Å². The number of thiophene rings is 1. The Bertz CT molecular complexity index is 1110. The summed E-state index contributed by atoms with van der Waals surface area (Å²) in [6.07, 6.45) is 1.48. The van der Waals surface area contributed by atoms with Gasteiger partial charge in [-0.15, -0.1) is 11.3 Å². The van der Waals surface area contributed by atoms with Crippen LogP contribution in [-0.2, 0) is 11.3 Å². The first-order valence-electron chi connectivity index (χ1n) is 8.47. The van der Waals surface area contributed by atoms with Crippen LogP contribution in [0.2, 0.25) is 0 Å². The van der Waals surface area contributed by atoms with Crippen molar-refractivity contribution in [3.8, 4) is 11.5 Å². The fraction of sp³-hybridized carbons (Fsp3) is 0.316. The summed E-state index contributed by atoms with van der Waals surface area (Å²) in [6.45, 7) is 4.04. The number of halogens is 1. The van der Waals surface area contributed by atoms with E-state index in [-0.39, 0.29) is 18.7 Å². The summed E-state index contributed by atoms with van der Waals surface area (Å²) in [5, 5.41) is 0.437. The molecule has 0 radical (unpaired) electrons. The number of aryl methyl sites for hydroxylation is 1. The Morgan fingerprint density at radius 3 is 2.68 bits per heavy atom. The monoisotopic (exact) mass is 466 g/mol. The average molecular weight is 467 g/mol. The number of methoxy groups -OCH3 is 2. The Hall–Kier alpha value is -2.39. The Morgan fingerprint density at radius 2 is 2.04 bits per heavy atom. The van der Waals surface area contributed by atoms with Crippen LogP contribution in [0.5, 0.6) is 11.5 Å². The number of nitrogens with zero attached hydrogens (tertiary/aromatic N) is 2. The number of carbonyl (C=O) groups excluding carboxylic acids is 1. The summed E-state index contributed by atoms with van der Waals surface area (Å²) in [4.78, 5) is 30.5. The van der Waals surface area contributed by atoms with Crippen LogP contribution >= 0.6 is 27.3 Å². The van der Waals surface area contributed by atoms with Crippen LogP contribution in [0.1, 0.15) is 27.7 Å². The van der Waals surface area contributed by atoms with Gasteiger partial charge in [-0.05, 0) is 47.0 Å². The molecule has 2 aromatic heterocycles. The first-order chi connectivity index (χ1) is 13.4. The second kappa shape index (κ2) is 8.32. The predicted molar refractivity (Wildman–Crippen MR) is 111 cm³/mol. The maximum atomic E-state index is 13.0. The lowest BCUT2D eigenvalue weighted by molar-refractivity contribution is 0.0531. The summed E-state index contributed by atoms with van der Waals surface area (Å²) in [6, 6.07) is 3.64. The Balaban J connectivity index is 2.06. The molecule has 28 heavy (non-hydrogen) atoms. The molecule has 0 saturated heterocycles. The third-order valence-corrected chi connectivity index (χ3v) is 6.33. The van der Waals surface area contributed by atoms with Crippen molar-refractivity contribution in [2.75, 3.05) is 20.8 Å². The highest BCUT2D eigenvalue weighted by molar-refractivity contribution is 9.10. The third-order valence-electron chi connectivity index (χ3n) is 4.28. The van der Waals surface area contributed by atoms with Crippen molar-refractivity contribution in [3.05, 3.63) is 49.3 Å². The number of hydrogen-bond donors (Lipinski definition) is 0. The van der Waals surface area contributed by atoms with Crippen molar-refractivity contribution in [2.24, 2.45) is 0 Å². The normalized spacial score (nSPS) is 10.9. The lowest BCUT2D eigenvalue weighted by atomic mass is 10.2. The zero-order valence-corrected chi connectivity index (χ0v) is 18.3. The molecule has 0 aliphatic carbocycles. The molecule has 0 saturated carbocycles. The van der Waals surface area contributed by atoms with E-state index in [9.17, 15) is 9.59 Å². The van der Waals surface area contributed by atoms with E-state index in [1.807, 2.05) is 6.07 Å². The van der Waals surface area contributed by atoms with Crippen LogP contribution in [0.15, 0.2) is 27.7 Å². The van der Waals surface area contributed by atoms with Gasteiger partial charge in [0.25, 0.3) is 5.56 Å². The first kappa shape index (κ1) is 20.3. The number of hydrogen-bond acceptors (Lipinski definition) is 7. The number of rotatable bonds is 6. The van der Waals surface area contributed by atoms with Crippen LogP contribution in [0.3, 0.4) is 0 Å². The molecule has 0 amide bonds. The summed E-state index contributed by atoms with van der Waals surface area (Å²) in [5.41, 5.74) is 1.21. The second-order valence-electron chi connectivity index (χ2n) is 5.91. The van der Waals surface area contributed by atoms with Crippen molar-refractivity contribution >= 4 is 43.5 Å². The molecule has 0 spiro atoms. The number of aromatic nitrogens is 2. The zero-order chi connectivity index (χ0) is 20.4. The molecule has 0 atom stereocenters. The molecular weight excluding hydrogens is 448 g/mol. The van der Waals surface area contributed by atoms with Crippen molar-refractivity contribution in [2.45, 2.75) is 20.4 Å². The molecule has 2 heterocycles. The largest absolute Gasteiger partial charge is 0.493 e. The van der Waals surface area contributed by atoms with Gasteiger partial charge in [0.05, 0.1) is 43.6 Å². The molecule has 0 N–H and O–H groups in total. The summed E-state index contributed by atoms with van der Waals surface area (Å²) in [5.74, 6) is 0.710. The van der Waals surface area contributed by atoms with Crippen molar-refractivity contribution < 1.29 is 19.0 Å². The molecule has 7 nitrogen and oxygen atoms in total. The van der Waals surface area contributed by atoms with Gasteiger partial charge in [-0.1, -0.05) is 6.07 Å². The van der Waals surface area contributed by atoms with Gasteiger partial charge >= 0.3 is 5.97 Å². The maximum absolute atomic E-state index is 13.0. The number of benzene rings is 1. The Kier molecular flexibility index (Phi) is 6.04. The van der Waals surface area contributed by atoms with E-state index in [0.717, 1.165) is 5.56 Å². The summed E-state index contributed by atoms with van der Waals surface area (Å²) >= 11 is 4.69. The highest BCUT2D eigenvalue weighted by Gasteiger charge is 2.21. The lowest BCUT2D eigenvalue weighted by Crippen LogP contribution is -2.21. The average Bonchev–Trinajstić information content (AvgIpc) is 3.02. The van der Waals surface area contributed by atoms with Crippen LogP contribution in [0, 0.1) is 6.92 Å². The van der Waals surface area contributed by atoms with E-state index >= 15 is 0 Å². The second-order valence-corrected chi connectivity index (χ2v) is 7.70. The highest BCUT2D eigenvalue weighted by Crippen LogP contribution is 2.37. The fourth-order valence-electron chi connectivity index (χ4n) is 2.90. The third kappa shape index (κ3) is 3.51. The number of ether oxygens (including phenoxy) is 3. The van der Waals surface area contributed by atoms with Crippen molar-refractivity contribution in [1.82, 2.24) is 9.55 Å². The van der Waals surface area contributed by atoms with E-state index < -0.39 is 5.97 Å². The van der Waals surface area contributed by atoms with Gasteiger partial charge in [-0.25, -0.2) is 9.78 Å². The number of esters is 1. The van der Waals surface area contributed by atoms with Gasteiger partial charge in [0.1, 0.15) is 9.71 Å². The molecule has 148 valence electrons. The van der Waals surface area contributed by atoms with Crippen molar-refractivity contribution in [3.63, 3.8) is 0 Å². The molecule has 3 aromatic rings. The minimum Gasteiger partial charge on any atom is -0.493 e. The van der Waals surface area contributed by atoms with Crippen LogP contribution in [0.25, 0.3) is 10.2 Å². The van der Waals surface area contributed by atoms with Gasteiger partial charge in [0.2, 0.25) is 0 Å². The highest BCUT2D eigenvalue weighted by atomic mass is 79.9. The van der Waals surface area contributed by atoms with E-state index in [1.54, 1.807) is 34.1 Å².